The molecule has 0 saturated heterocycles. The van der Waals surface area contributed by atoms with Crippen molar-refractivity contribution in [1.82, 2.24) is 19.7 Å². The van der Waals surface area contributed by atoms with E-state index >= 15 is 0 Å². The fourth-order valence-corrected chi connectivity index (χ4v) is 3.41. The van der Waals surface area contributed by atoms with Crippen molar-refractivity contribution in [2.24, 2.45) is 7.05 Å². The number of nitrogens with zero attached hydrogens (tertiary/aromatic N) is 4. The maximum Gasteiger partial charge on any atom is 0.229 e. The van der Waals surface area contributed by atoms with Crippen molar-refractivity contribution in [2.75, 3.05) is 10.6 Å². The molecule has 3 aromatic rings. The fourth-order valence-electron chi connectivity index (χ4n) is 3.41. The third-order valence-electron chi connectivity index (χ3n) is 4.78. The Hall–Kier alpha value is -2.89. The Labute approximate surface area is 153 Å². The monoisotopic (exact) mass is 348 g/mol. The minimum Gasteiger partial charge on any atom is -0.367 e. The Bertz CT molecular complexity index is 852. The van der Waals surface area contributed by atoms with Crippen LogP contribution in [0.1, 0.15) is 32.1 Å². The van der Waals surface area contributed by atoms with Crippen LogP contribution in [0.2, 0.25) is 0 Å². The topological polar surface area (TPSA) is 67.7 Å². The third-order valence-corrected chi connectivity index (χ3v) is 4.78. The van der Waals surface area contributed by atoms with Gasteiger partial charge < -0.3 is 10.6 Å². The van der Waals surface area contributed by atoms with E-state index < -0.39 is 0 Å². The molecule has 0 aliphatic heterocycles. The highest BCUT2D eigenvalue weighted by Gasteiger charge is 2.17. The van der Waals surface area contributed by atoms with Gasteiger partial charge in [0, 0.05) is 42.3 Å². The number of benzene rings is 1. The molecule has 0 atom stereocenters. The molecular weight excluding hydrogens is 324 g/mol. The lowest BCUT2D eigenvalue weighted by atomic mass is 9.95. The van der Waals surface area contributed by atoms with Crippen LogP contribution < -0.4 is 10.6 Å². The summed E-state index contributed by atoms with van der Waals surface area (Å²) in [6.07, 6.45) is 12.0. The number of rotatable bonds is 5. The first-order valence-corrected chi connectivity index (χ1v) is 9.22. The van der Waals surface area contributed by atoms with Gasteiger partial charge in [-0.3, -0.25) is 4.68 Å². The molecule has 0 unspecified atom stereocenters. The molecule has 6 heteroatoms. The zero-order valence-corrected chi connectivity index (χ0v) is 15.0. The van der Waals surface area contributed by atoms with Crippen LogP contribution in [0.15, 0.2) is 48.9 Å². The van der Waals surface area contributed by atoms with Gasteiger partial charge in [0.2, 0.25) is 5.95 Å². The van der Waals surface area contributed by atoms with Crippen molar-refractivity contribution < 1.29 is 0 Å². The van der Waals surface area contributed by atoms with Crippen molar-refractivity contribution >= 4 is 17.5 Å². The van der Waals surface area contributed by atoms with Crippen molar-refractivity contribution in [3.05, 3.63) is 48.9 Å². The molecule has 0 radical (unpaired) electrons. The Morgan fingerprint density at radius 3 is 2.58 bits per heavy atom. The van der Waals surface area contributed by atoms with Crippen molar-refractivity contribution in [3.63, 3.8) is 0 Å². The first-order chi connectivity index (χ1) is 12.8. The minimum atomic E-state index is 0.471. The number of nitrogens with one attached hydrogen (secondary N) is 2. The van der Waals surface area contributed by atoms with Gasteiger partial charge in [-0.15, -0.1) is 0 Å². The Morgan fingerprint density at radius 2 is 1.85 bits per heavy atom. The van der Waals surface area contributed by atoms with Gasteiger partial charge in [0.15, 0.2) is 0 Å². The minimum absolute atomic E-state index is 0.471. The number of para-hydroxylation sites is 1. The van der Waals surface area contributed by atoms with Gasteiger partial charge in [0.25, 0.3) is 0 Å². The maximum atomic E-state index is 4.78. The molecule has 0 amide bonds. The van der Waals surface area contributed by atoms with Crippen LogP contribution >= 0.6 is 0 Å². The SMILES string of the molecule is Cn1cc(-c2cnc(Nc3ccccc3)nc2NC2CCCCC2)cn1. The number of aromatic nitrogens is 4. The van der Waals surface area contributed by atoms with Crippen molar-refractivity contribution in [2.45, 2.75) is 38.1 Å². The fraction of sp³-hybridized carbons (Fsp3) is 0.350. The number of aryl methyl sites for hydroxylation is 1. The molecule has 0 spiro atoms. The average Bonchev–Trinajstić information content (AvgIpc) is 3.10. The second-order valence-corrected chi connectivity index (χ2v) is 6.83. The van der Waals surface area contributed by atoms with E-state index in [0.29, 0.717) is 12.0 Å². The van der Waals surface area contributed by atoms with Crippen LogP contribution in [0.4, 0.5) is 17.5 Å². The summed E-state index contributed by atoms with van der Waals surface area (Å²) in [5.74, 6) is 1.47. The molecule has 4 rings (SSSR count). The summed E-state index contributed by atoms with van der Waals surface area (Å²) in [6.45, 7) is 0. The smallest absolute Gasteiger partial charge is 0.229 e. The van der Waals surface area contributed by atoms with Gasteiger partial charge in [-0.05, 0) is 25.0 Å². The van der Waals surface area contributed by atoms with Crippen LogP contribution in [0.25, 0.3) is 11.1 Å². The van der Waals surface area contributed by atoms with E-state index in [4.69, 9.17) is 4.98 Å². The van der Waals surface area contributed by atoms with Crippen LogP contribution in [0, 0.1) is 0 Å². The predicted octanol–water partition coefficient (Wildman–Crippen LogP) is 4.37. The van der Waals surface area contributed by atoms with Crippen LogP contribution in [0.3, 0.4) is 0 Å². The third kappa shape index (κ3) is 3.85. The molecule has 1 saturated carbocycles. The molecule has 1 fully saturated rings. The van der Waals surface area contributed by atoms with Crippen molar-refractivity contribution in [1.29, 1.82) is 0 Å². The van der Waals surface area contributed by atoms with Gasteiger partial charge in [0.1, 0.15) is 5.82 Å². The summed E-state index contributed by atoms with van der Waals surface area (Å²) in [5.41, 5.74) is 2.99. The molecule has 1 aliphatic carbocycles. The lowest BCUT2D eigenvalue weighted by molar-refractivity contribution is 0.462. The van der Waals surface area contributed by atoms with Gasteiger partial charge >= 0.3 is 0 Å². The first kappa shape index (κ1) is 16.6. The van der Waals surface area contributed by atoms with E-state index in [2.05, 4.69) is 20.7 Å². The van der Waals surface area contributed by atoms with Gasteiger partial charge in [-0.2, -0.15) is 10.1 Å². The van der Waals surface area contributed by atoms with Crippen LogP contribution in [-0.2, 0) is 7.05 Å². The van der Waals surface area contributed by atoms with Crippen LogP contribution in [-0.4, -0.2) is 25.8 Å². The first-order valence-electron chi connectivity index (χ1n) is 9.22. The molecular formula is C20H24N6. The summed E-state index contributed by atoms with van der Waals surface area (Å²) in [7, 11) is 1.92. The Morgan fingerprint density at radius 1 is 1.04 bits per heavy atom. The zero-order chi connectivity index (χ0) is 17.8. The second-order valence-electron chi connectivity index (χ2n) is 6.83. The molecule has 134 valence electrons. The maximum absolute atomic E-state index is 4.78. The lowest BCUT2D eigenvalue weighted by Crippen LogP contribution is -2.23. The Balaban J connectivity index is 1.64. The summed E-state index contributed by atoms with van der Waals surface area (Å²) >= 11 is 0. The summed E-state index contributed by atoms with van der Waals surface area (Å²) in [6, 6.07) is 10.5. The van der Waals surface area contributed by atoms with E-state index in [-0.39, 0.29) is 0 Å². The van der Waals surface area contributed by atoms with Crippen LogP contribution in [0.5, 0.6) is 0 Å². The number of hydrogen-bond acceptors (Lipinski definition) is 5. The molecule has 26 heavy (non-hydrogen) atoms. The summed E-state index contributed by atoms with van der Waals surface area (Å²) in [4.78, 5) is 9.29. The summed E-state index contributed by atoms with van der Waals surface area (Å²) < 4.78 is 1.80. The normalized spacial score (nSPS) is 15.0. The highest BCUT2D eigenvalue weighted by Crippen LogP contribution is 2.30. The van der Waals surface area contributed by atoms with E-state index in [1.54, 1.807) is 4.68 Å². The number of hydrogen-bond donors (Lipinski definition) is 2. The predicted molar refractivity (Wildman–Crippen MR) is 104 cm³/mol. The van der Waals surface area contributed by atoms with E-state index in [9.17, 15) is 0 Å². The van der Waals surface area contributed by atoms with E-state index in [1.165, 1.54) is 32.1 Å². The van der Waals surface area contributed by atoms with Crippen molar-refractivity contribution in [3.8, 4) is 11.1 Å². The number of anilines is 3. The van der Waals surface area contributed by atoms with Gasteiger partial charge in [-0.1, -0.05) is 37.5 Å². The molecule has 0 bridgehead atoms. The quantitative estimate of drug-likeness (QED) is 0.717. The standard InChI is InChI=1S/C20H24N6/c1-26-14-15(12-22-26)18-13-21-20(24-17-10-6-3-7-11-17)25-19(18)23-16-8-4-2-5-9-16/h3,6-7,10-14,16H,2,4-5,8-9H2,1H3,(H2,21,23,24,25). The Kier molecular flexibility index (Phi) is 4.82. The van der Waals surface area contributed by atoms with E-state index in [0.717, 1.165) is 22.6 Å². The molecule has 2 heterocycles. The summed E-state index contributed by atoms with van der Waals surface area (Å²) in [5, 5.41) is 11.2. The lowest BCUT2D eigenvalue weighted by Gasteiger charge is -2.24. The molecule has 1 aliphatic rings. The second kappa shape index (κ2) is 7.56. The average molecular weight is 348 g/mol. The largest absolute Gasteiger partial charge is 0.367 e. The van der Waals surface area contributed by atoms with Gasteiger partial charge in [0.05, 0.1) is 6.20 Å². The molecule has 2 aromatic heterocycles. The highest BCUT2D eigenvalue weighted by molar-refractivity contribution is 5.75. The highest BCUT2D eigenvalue weighted by atomic mass is 15.2. The molecule has 6 nitrogen and oxygen atoms in total. The molecule has 1 aromatic carbocycles. The van der Waals surface area contributed by atoms with Gasteiger partial charge in [-0.25, -0.2) is 4.98 Å². The molecule has 2 N–H and O–H groups in total. The van der Waals surface area contributed by atoms with E-state index in [1.807, 2.05) is 56.0 Å². The zero-order valence-electron chi connectivity index (χ0n) is 15.0.